The van der Waals surface area contributed by atoms with Crippen molar-refractivity contribution in [2.24, 2.45) is 5.92 Å². The Kier molecular flexibility index (Phi) is 4.31. The Hall–Kier alpha value is -0.620. The highest BCUT2D eigenvalue weighted by Crippen LogP contribution is 2.46. The van der Waals surface area contributed by atoms with Crippen LogP contribution in [0.25, 0.3) is 0 Å². The first-order valence-electron chi connectivity index (χ1n) is 7.23. The normalized spacial score (nSPS) is 33.1. The van der Waals surface area contributed by atoms with Crippen LogP contribution in [0.15, 0.2) is 24.3 Å². The van der Waals surface area contributed by atoms with Gasteiger partial charge in [0.15, 0.2) is 0 Å². The zero-order chi connectivity index (χ0) is 14.1. The SMILES string of the molecule is CN1C2CCC1[C@@H](COC=O)[C@@H](c1ccc(I)cc1)C2. The van der Waals surface area contributed by atoms with Gasteiger partial charge in [-0.15, -0.1) is 0 Å². The Balaban J connectivity index is 1.87. The minimum atomic E-state index is 0.420. The third kappa shape index (κ3) is 2.60. The van der Waals surface area contributed by atoms with Crippen LogP contribution in [0.1, 0.15) is 30.7 Å². The second-order valence-electron chi connectivity index (χ2n) is 5.95. The van der Waals surface area contributed by atoms with E-state index < -0.39 is 0 Å². The number of benzene rings is 1. The van der Waals surface area contributed by atoms with Crippen LogP contribution >= 0.6 is 22.6 Å². The fraction of sp³-hybridized carbons (Fsp3) is 0.562. The van der Waals surface area contributed by atoms with Crippen LogP contribution < -0.4 is 0 Å². The van der Waals surface area contributed by atoms with Crippen LogP contribution in [0.4, 0.5) is 0 Å². The number of hydrogen-bond acceptors (Lipinski definition) is 3. The molecule has 1 aromatic carbocycles. The maximum atomic E-state index is 10.6. The molecule has 2 aliphatic rings. The molecule has 2 bridgehead atoms. The van der Waals surface area contributed by atoms with E-state index in [1.807, 2.05) is 0 Å². The van der Waals surface area contributed by atoms with E-state index in [0.29, 0.717) is 37.0 Å². The summed E-state index contributed by atoms with van der Waals surface area (Å²) in [5, 5.41) is 0. The molecule has 0 radical (unpaired) electrons. The summed E-state index contributed by atoms with van der Waals surface area (Å²) in [5.41, 5.74) is 1.40. The maximum Gasteiger partial charge on any atom is 0.293 e. The molecule has 2 saturated heterocycles. The van der Waals surface area contributed by atoms with E-state index in [1.54, 1.807) is 0 Å². The second-order valence-corrected chi connectivity index (χ2v) is 7.20. The molecule has 4 atom stereocenters. The Bertz CT molecular complexity index is 476. The van der Waals surface area contributed by atoms with Crippen molar-refractivity contribution in [1.29, 1.82) is 0 Å². The summed E-state index contributed by atoms with van der Waals surface area (Å²) >= 11 is 2.34. The van der Waals surface area contributed by atoms with Crippen molar-refractivity contribution < 1.29 is 9.53 Å². The van der Waals surface area contributed by atoms with E-state index in [0.717, 1.165) is 0 Å². The van der Waals surface area contributed by atoms with Gasteiger partial charge in [-0.2, -0.15) is 0 Å². The zero-order valence-electron chi connectivity index (χ0n) is 11.7. The number of fused-ring (bicyclic) bond motifs is 2. The van der Waals surface area contributed by atoms with E-state index in [1.165, 1.54) is 28.4 Å². The van der Waals surface area contributed by atoms with Crippen LogP contribution in [0, 0.1) is 9.49 Å². The van der Waals surface area contributed by atoms with Gasteiger partial charge in [-0.25, -0.2) is 0 Å². The summed E-state index contributed by atoms with van der Waals surface area (Å²) < 4.78 is 6.41. The first-order chi connectivity index (χ1) is 9.70. The van der Waals surface area contributed by atoms with E-state index in [4.69, 9.17) is 4.74 Å². The summed E-state index contributed by atoms with van der Waals surface area (Å²) in [5.74, 6) is 0.935. The minimum absolute atomic E-state index is 0.420. The van der Waals surface area contributed by atoms with Gasteiger partial charge in [-0.3, -0.25) is 4.79 Å². The topological polar surface area (TPSA) is 29.5 Å². The van der Waals surface area contributed by atoms with Gasteiger partial charge in [-0.1, -0.05) is 12.1 Å². The molecule has 2 aliphatic heterocycles. The molecule has 2 unspecified atom stereocenters. The fourth-order valence-corrected chi connectivity index (χ4v) is 4.41. The number of carbonyl (C=O) groups is 1. The van der Waals surface area contributed by atoms with Gasteiger partial charge in [0.2, 0.25) is 0 Å². The monoisotopic (exact) mass is 385 g/mol. The smallest absolute Gasteiger partial charge is 0.293 e. The van der Waals surface area contributed by atoms with Gasteiger partial charge in [0, 0.05) is 21.6 Å². The fourth-order valence-electron chi connectivity index (χ4n) is 4.05. The average molecular weight is 385 g/mol. The number of piperidine rings is 1. The van der Waals surface area contributed by atoms with Crippen LogP contribution in [-0.2, 0) is 9.53 Å². The van der Waals surface area contributed by atoms with Crippen LogP contribution in [-0.4, -0.2) is 37.1 Å². The summed E-state index contributed by atoms with van der Waals surface area (Å²) in [7, 11) is 2.22. The third-order valence-electron chi connectivity index (χ3n) is 5.09. The molecule has 108 valence electrons. The Morgan fingerprint density at radius 3 is 2.80 bits per heavy atom. The highest BCUT2D eigenvalue weighted by molar-refractivity contribution is 14.1. The molecule has 0 aliphatic carbocycles. The lowest BCUT2D eigenvalue weighted by Crippen LogP contribution is -2.47. The van der Waals surface area contributed by atoms with Gasteiger partial charge < -0.3 is 9.64 Å². The lowest BCUT2D eigenvalue weighted by molar-refractivity contribution is -0.131. The van der Waals surface area contributed by atoms with Crippen molar-refractivity contribution in [1.82, 2.24) is 4.90 Å². The minimum Gasteiger partial charge on any atom is -0.468 e. The van der Waals surface area contributed by atoms with Gasteiger partial charge in [0.05, 0.1) is 6.61 Å². The molecular weight excluding hydrogens is 365 g/mol. The average Bonchev–Trinajstić information content (AvgIpc) is 2.71. The first-order valence-corrected chi connectivity index (χ1v) is 8.31. The predicted octanol–water partition coefficient (Wildman–Crippen LogP) is 3.03. The summed E-state index contributed by atoms with van der Waals surface area (Å²) in [4.78, 5) is 13.1. The van der Waals surface area contributed by atoms with Crippen molar-refractivity contribution in [2.75, 3.05) is 13.7 Å². The van der Waals surface area contributed by atoms with Crippen molar-refractivity contribution >= 4 is 29.1 Å². The van der Waals surface area contributed by atoms with Gasteiger partial charge in [-0.05, 0) is 72.5 Å². The van der Waals surface area contributed by atoms with E-state index in [2.05, 4.69) is 58.8 Å². The molecule has 1 aromatic rings. The molecule has 0 spiro atoms. The largest absolute Gasteiger partial charge is 0.468 e. The van der Waals surface area contributed by atoms with Gasteiger partial charge in [0.25, 0.3) is 6.47 Å². The molecule has 3 nitrogen and oxygen atoms in total. The molecule has 3 rings (SSSR count). The molecule has 0 N–H and O–H groups in total. The summed E-state index contributed by atoms with van der Waals surface area (Å²) in [6.45, 7) is 1.13. The first kappa shape index (κ1) is 14.3. The number of ether oxygens (including phenoxy) is 1. The molecule has 4 heteroatoms. The number of halogens is 1. The predicted molar refractivity (Wildman–Crippen MR) is 86.6 cm³/mol. The Labute approximate surface area is 133 Å². The highest BCUT2D eigenvalue weighted by atomic mass is 127. The Morgan fingerprint density at radius 1 is 1.35 bits per heavy atom. The standard InChI is InChI=1S/C16H20INO2/c1-18-13-6-7-16(18)15(9-20-10-19)14(8-13)11-2-4-12(17)5-3-11/h2-5,10,13-16H,6-9H2,1H3/t13?,14-,15+,16?/m1/s1. The second kappa shape index (κ2) is 6.02. The lowest BCUT2D eigenvalue weighted by atomic mass is 9.76. The lowest BCUT2D eigenvalue weighted by Gasteiger charge is -2.42. The van der Waals surface area contributed by atoms with Gasteiger partial charge in [0.1, 0.15) is 0 Å². The van der Waals surface area contributed by atoms with E-state index in [9.17, 15) is 4.79 Å². The molecule has 0 aromatic heterocycles. The zero-order valence-corrected chi connectivity index (χ0v) is 13.8. The number of rotatable bonds is 4. The molecule has 0 saturated carbocycles. The molecule has 2 heterocycles. The van der Waals surface area contributed by atoms with E-state index >= 15 is 0 Å². The number of hydrogen-bond donors (Lipinski definition) is 0. The van der Waals surface area contributed by atoms with Crippen LogP contribution in [0.2, 0.25) is 0 Å². The quantitative estimate of drug-likeness (QED) is 0.590. The number of nitrogens with zero attached hydrogens (tertiary/aromatic N) is 1. The van der Waals surface area contributed by atoms with Crippen molar-refractivity contribution in [3.05, 3.63) is 33.4 Å². The van der Waals surface area contributed by atoms with Crippen molar-refractivity contribution in [3.8, 4) is 0 Å². The number of carbonyl (C=O) groups excluding carboxylic acids is 1. The summed E-state index contributed by atoms with van der Waals surface area (Å²) in [6, 6.07) is 10.1. The molecule has 0 amide bonds. The molecule has 2 fully saturated rings. The van der Waals surface area contributed by atoms with Crippen molar-refractivity contribution in [3.63, 3.8) is 0 Å². The molecule has 20 heavy (non-hydrogen) atoms. The van der Waals surface area contributed by atoms with Gasteiger partial charge >= 0.3 is 0 Å². The van der Waals surface area contributed by atoms with Crippen LogP contribution in [0.3, 0.4) is 0 Å². The highest BCUT2D eigenvalue weighted by Gasteiger charge is 2.46. The summed E-state index contributed by atoms with van der Waals surface area (Å²) in [6.07, 6.45) is 3.69. The molecular formula is C16H20INO2. The van der Waals surface area contributed by atoms with Crippen molar-refractivity contribution in [2.45, 2.75) is 37.3 Å². The Morgan fingerprint density at radius 2 is 2.10 bits per heavy atom. The van der Waals surface area contributed by atoms with E-state index in [-0.39, 0.29) is 0 Å². The maximum absolute atomic E-state index is 10.6. The third-order valence-corrected chi connectivity index (χ3v) is 5.81. The van der Waals surface area contributed by atoms with Crippen LogP contribution in [0.5, 0.6) is 0 Å².